The van der Waals surface area contributed by atoms with Gasteiger partial charge in [-0.15, -0.1) is 0 Å². The van der Waals surface area contributed by atoms with Crippen LogP contribution in [0, 0.1) is 5.41 Å². The lowest BCUT2D eigenvalue weighted by atomic mass is 9.80. The largest absolute Gasteiger partial charge is 0.491 e. The molecule has 4 heteroatoms. The monoisotopic (exact) mass is 414 g/mol. The first-order valence-corrected chi connectivity index (χ1v) is 11.8. The highest BCUT2D eigenvalue weighted by atomic mass is 16.5. The maximum absolute atomic E-state index is 12.9. The van der Waals surface area contributed by atoms with Gasteiger partial charge in [0.15, 0.2) is 0 Å². The zero-order chi connectivity index (χ0) is 21.4. The van der Waals surface area contributed by atoms with E-state index < -0.39 is 11.5 Å². The third-order valence-electron chi connectivity index (χ3n) is 6.83. The summed E-state index contributed by atoms with van der Waals surface area (Å²) in [5.74, 6) is 0.534. The predicted octanol–water partition coefficient (Wildman–Crippen LogP) is 5.51. The van der Waals surface area contributed by atoms with Crippen LogP contribution in [0.25, 0.3) is 0 Å². The Labute approximate surface area is 181 Å². The fourth-order valence-corrected chi connectivity index (χ4v) is 5.01. The lowest BCUT2D eigenvalue weighted by Gasteiger charge is -2.35. The number of hydrogen-bond donors (Lipinski definition) is 1. The molecule has 1 aromatic carbocycles. The van der Waals surface area contributed by atoms with Gasteiger partial charge in [-0.25, -0.2) is 0 Å². The molecule has 166 valence electrons. The van der Waals surface area contributed by atoms with Gasteiger partial charge in [-0.3, -0.25) is 4.79 Å². The van der Waals surface area contributed by atoms with Crippen LogP contribution in [-0.4, -0.2) is 30.4 Å². The minimum Gasteiger partial charge on any atom is -0.491 e. The summed E-state index contributed by atoms with van der Waals surface area (Å²) in [6, 6.07) is 8.22. The Morgan fingerprint density at radius 3 is 2.43 bits per heavy atom. The van der Waals surface area contributed by atoms with Crippen molar-refractivity contribution in [3.63, 3.8) is 0 Å². The van der Waals surface area contributed by atoms with Gasteiger partial charge in [-0.05, 0) is 36.5 Å². The second-order valence-corrected chi connectivity index (χ2v) is 8.95. The zero-order valence-corrected chi connectivity index (χ0v) is 18.7. The third-order valence-corrected chi connectivity index (χ3v) is 6.83. The Balaban J connectivity index is 1.63. The summed E-state index contributed by atoms with van der Waals surface area (Å²) < 4.78 is 11.6. The quantitative estimate of drug-likeness (QED) is 0.383. The van der Waals surface area contributed by atoms with Crippen molar-refractivity contribution in [1.29, 1.82) is 0 Å². The molecule has 0 saturated heterocycles. The molecule has 0 unspecified atom stereocenters. The summed E-state index contributed by atoms with van der Waals surface area (Å²) >= 11 is 0. The molecule has 0 aliphatic heterocycles. The van der Waals surface area contributed by atoms with Gasteiger partial charge in [0.1, 0.15) is 17.3 Å². The van der Waals surface area contributed by atoms with Crippen LogP contribution in [0.4, 0.5) is 0 Å². The van der Waals surface area contributed by atoms with Crippen LogP contribution >= 0.6 is 0 Å². The van der Waals surface area contributed by atoms with Gasteiger partial charge in [-0.2, -0.15) is 0 Å². The second kappa shape index (κ2) is 11.0. The normalized spacial score (nSPS) is 25.5. The van der Waals surface area contributed by atoms with Crippen LogP contribution in [0.5, 0.6) is 0 Å². The van der Waals surface area contributed by atoms with Gasteiger partial charge in [0.05, 0.1) is 13.2 Å². The number of carbonyl (C=O) groups is 1. The molecular weight excluding hydrogens is 376 g/mol. The van der Waals surface area contributed by atoms with Crippen molar-refractivity contribution in [2.75, 3.05) is 7.11 Å². The average Bonchev–Trinajstić information content (AvgIpc) is 3.16. The number of hydrogen-bond acceptors (Lipinski definition) is 4. The van der Waals surface area contributed by atoms with Gasteiger partial charge in [0.25, 0.3) is 0 Å². The number of benzene rings is 1. The molecule has 0 heterocycles. The number of aliphatic hydroxyl groups is 1. The van der Waals surface area contributed by atoms with Gasteiger partial charge >= 0.3 is 5.97 Å². The number of unbranched alkanes of at least 4 members (excludes halogenated alkanes) is 6. The van der Waals surface area contributed by atoms with Crippen molar-refractivity contribution in [1.82, 2.24) is 0 Å². The van der Waals surface area contributed by atoms with E-state index in [9.17, 15) is 9.90 Å². The Kier molecular flexibility index (Phi) is 8.38. The van der Waals surface area contributed by atoms with Gasteiger partial charge < -0.3 is 14.6 Å². The fourth-order valence-electron chi connectivity index (χ4n) is 5.01. The first-order chi connectivity index (χ1) is 14.6. The number of ether oxygens (including phenoxy) is 2. The fraction of sp³-hybridized carbons (Fsp3) is 0.654. The molecule has 0 bridgehead atoms. The van der Waals surface area contributed by atoms with E-state index in [0.29, 0.717) is 12.8 Å². The van der Waals surface area contributed by atoms with E-state index in [2.05, 4.69) is 19.1 Å². The van der Waals surface area contributed by atoms with Crippen LogP contribution < -0.4 is 0 Å². The van der Waals surface area contributed by atoms with E-state index >= 15 is 0 Å². The minimum atomic E-state index is -0.686. The molecule has 0 saturated carbocycles. The van der Waals surface area contributed by atoms with E-state index in [1.165, 1.54) is 50.3 Å². The molecule has 0 radical (unpaired) electrons. The van der Waals surface area contributed by atoms with Crippen molar-refractivity contribution < 1.29 is 19.4 Å². The summed E-state index contributed by atoms with van der Waals surface area (Å²) in [6.45, 7) is 2.23. The average molecular weight is 415 g/mol. The number of rotatable bonds is 11. The van der Waals surface area contributed by atoms with Crippen LogP contribution in [0.15, 0.2) is 36.1 Å². The zero-order valence-electron chi connectivity index (χ0n) is 18.7. The molecule has 0 fully saturated rings. The summed E-state index contributed by atoms with van der Waals surface area (Å²) in [5, 5.41) is 10.7. The SMILES string of the molecule is CCCCCCCCC[C@]1(C(=O)OC)CCC=C1O[C@@H]1Cc2ccccc2C[C@H]1O. The van der Waals surface area contributed by atoms with Crippen molar-refractivity contribution in [2.45, 2.75) is 96.2 Å². The maximum Gasteiger partial charge on any atom is 0.319 e. The maximum atomic E-state index is 12.9. The molecule has 0 spiro atoms. The highest BCUT2D eigenvalue weighted by molar-refractivity contribution is 5.80. The Hall–Kier alpha value is -1.81. The molecule has 30 heavy (non-hydrogen) atoms. The number of aliphatic hydroxyl groups excluding tert-OH is 1. The first-order valence-electron chi connectivity index (χ1n) is 11.8. The van der Waals surface area contributed by atoms with E-state index in [-0.39, 0.29) is 12.1 Å². The summed E-state index contributed by atoms with van der Waals surface area (Å²) in [4.78, 5) is 12.9. The third kappa shape index (κ3) is 5.26. The van der Waals surface area contributed by atoms with Crippen molar-refractivity contribution in [3.05, 3.63) is 47.2 Å². The molecular formula is C26H38O4. The first kappa shape index (κ1) is 22.9. The van der Waals surface area contributed by atoms with E-state index in [1.807, 2.05) is 18.2 Å². The molecule has 2 aliphatic rings. The number of carbonyl (C=O) groups excluding carboxylic acids is 1. The highest BCUT2D eigenvalue weighted by Gasteiger charge is 2.48. The lowest BCUT2D eigenvalue weighted by Crippen LogP contribution is -2.40. The van der Waals surface area contributed by atoms with Crippen LogP contribution in [0.1, 0.15) is 82.3 Å². The van der Waals surface area contributed by atoms with Gasteiger partial charge in [0.2, 0.25) is 0 Å². The number of allylic oxidation sites excluding steroid dienone is 1. The van der Waals surface area contributed by atoms with E-state index in [0.717, 1.165) is 37.9 Å². The van der Waals surface area contributed by atoms with Crippen LogP contribution in [0.3, 0.4) is 0 Å². The Bertz CT molecular complexity index is 725. The molecule has 3 atom stereocenters. The molecule has 4 nitrogen and oxygen atoms in total. The van der Waals surface area contributed by atoms with E-state index in [4.69, 9.17) is 9.47 Å². The van der Waals surface area contributed by atoms with Crippen LogP contribution in [-0.2, 0) is 27.1 Å². The summed E-state index contributed by atoms with van der Waals surface area (Å²) in [6.07, 6.45) is 13.2. The molecule has 0 amide bonds. The molecule has 3 rings (SSSR count). The van der Waals surface area contributed by atoms with Crippen molar-refractivity contribution >= 4 is 5.97 Å². The Morgan fingerprint density at radius 1 is 1.07 bits per heavy atom. The predicted molar refractivity (Wildman–Crippen MR) is 119 cm³/mol. The van der Waals surface area contributed by atoms with Crippen LogP contribution in [0.2, 0.25) is 0 Å². The Morgan fingerprint density at radius 2 is 1.73 bits per heavy atom. The topological polar surface area (TPSA) is 55.8 Å². The molecule has 0 aromatic heterocycles. The molecule has 1 N–H and O–H groups in total. The number of fused-ring (bicyclic) bond motifs is 1. The number of esters is 1. The number of methoxy groups -OCH3 is 1. The highest BCUT2D eigenvalue weighted by Crippen LogP contribution is 2.46. The standard InChI is InChI=1S/C26H38O4/c1-3-4-5-6-7-8-11-16-26(25(28)29-2)17-12-15-24(26)30-23-19-21-14-10-9-13-20(21)18-22(23)27/h9-10,13-15,22-23,27H,3-8,11-12,16-19H2,1-2H3/t22-,23-,26+/m1/s1. The van der Waals surface area contributed by atoms with Gasteiger partial charge in [-0.1, -0.05) is 76.1 Å². The smallest absolute Gasteiger partial charge is 0.319 e. The molecule has 2 aliphatic carbocycles. The summed E-state index contributed by atoms with van der Waals surface area (Å²) in [7, 11) is 1.47. The minimum absolute atomic E-state index is 0.192. The van der Waals surface area contributed by atoms with Crippen molar-refractivity contribution in [3.8, 4) is 0 Å². The summed E-state index contributed by atoms with van der Waals surface area (Å²) in [5.41, 5.74) is 1.73. The van der Waals surface area contributed by atoms with E-state index in [1.54, 1.807) is 0 Å². The second-order valence-electron chi connectivity index (χ2n) is 8.95. The molecule has 1 aromatic rings. The van der Waals surface area contributed by atoms with Gasteiger partial charge in [0, 0.05) is 12.8 Å². The lowest BCUT2D eigenvalue weighted by molar-refractivity contribution is -0.154. The van der Waals surface area contributed by atoms with Crippen molar-refractivity contribution in [2.24, 2.45) is 5.41 Å².